The highest BCUT2D eigenvalue weighted by Crippen LogP contribution is 2.06. The van der Waals surface area contributed by atoms with Crippen LogP contribution in [0, 0.1) is 0 Å². The molecule has 3 N–H and O–H groups in total. The molecule has 0 amide bonds. The third kappa shape index (κ3) is 3.38. The van der Waals surface area contributed by atoms with Gasteiger partial charge in [-0.25, -0.2) is 9.97 Å². The Labute approximate surface area is 78.6 Å². The van der Waals surface area contributed by atoms with Gasteiger partial charge in [0.25, 0.3) is 0 Å². The van der Waals surface area contributed by atoms with Gasteiger partial charge in [0.15, 0.2) is 0 Å². The molecule has 1 aromatic heterocycles. The van der Waals surface area contributed by atoms with Crippen molar-refractivity contribution in [1.82, 2.24) is 9.97 Å². The molecule has 1 aromatic rings. The second-order valence-electron chi connectivity index (χ2n) is 2.92. The van der Waals surface area contributed by atoms with Gasteiger partial charge in [0, 0.05) is 12.2 Å². The summed E-state index contributed by atoms with van der Waals surface area (Å²) in [5.41, 5.74) is 5.49. The summed E-state index contributed by atoms with van der Waals surface area (Å²) in [6, 6.07) is 2.28. The zero-order valence-electron chi connectivity index (χ0n) is 7.90. The normalized spacial score (nSPS) is 12.5. The van der Waals surface area contributed by atoms with Gasteiger partial charge < -0.3 is 11.1 Å². The van der Waals surface area contributed by atoms with E-state index in [4.69, 9.17) is 5.73 Å². The van der Waals surface area contributed by atoms with Crippen LogP contribution in [0.1, 0.15) is 19.8 Å². The summed E-state index contributed by atoms with van der Waals surface area (Å²) in [7, 11) is 0. The summed E-state index contributed by atoms with van der Waals surface area (Å²) in [5.74, 6) is 0.871. The minimum atomic E-state index is 0.417. The minimum Gasteiger partial charge on any atom is -0.367 e. The Balaban J connectivity index is 2.46. The second kappa shape index (κ2) is 5.48. The lowest BCUT2D eigenvalue weighted by Gasteiger charge is -2.15. The summed E-state index contributed by atoms with van der Waals surface area (Å²) < 4.78 is 0. The quantitative estimate of drug-likeness (QED) is 0.710. The average molecular weight is 180 g/mol. The largest absolute Gasteiger partial charge is 0.367 e. The fourth-order valence-corrected chi connectivity index (χ4v) is 1.16. The van der Waals surface area contributed by atoms with E-state index >= 15 is 0 Å². The number of nitrogens with one attached hydrogen (secondary N) is 1. The lowest BCUT2D eigenvalue weighted by molar-refractivity contribution is 0.639. The van der Waals surface area contributed by atoms with E-state index in [1.54, 1.807) is 6.20 Å². The highest BCUT2D eigenvalue weighted by atomic mass is 15.0. The maximum atomic E-state index is 5.49. The highest BCUT2D eigenvalue weighted by molar-refractivity contribution is 5.32. The molecular weight excluding hydrogens is 164 g/mol. The van der Waals surface area contributed by atoms with Crippen LogP contribution in [0.2, 0.25) is 0 Å². The fraction of sp³-hybridized carbons (Fsp3) is 0.556. The fourth-order valence-electron chi connectivity index (χ4n) is 1.16. The number of nitrogens with two attached hydrogens (primary N) is 1. The zero-order valence-corrected chi connectivity index (χ0v) is 7.90. The summed E-state index contributed by atoms with van der Waals surface area (Å²) in [6.45, 7) is 2.84. The monoisotopic (exact) mass is 180 g/mol. The van der Waals surface area contributed by atoms with Crippen molar-refractivity contribution in [2.45, 2.75) is 25.8 Å². The maximum Gasteiger partial charge on any atom is 0.129 e. The second-order valence-corrected chi connectivity index (χ2v) is 2.92. The first kappa shape index (κ1) is 9.92. The van der Waals surface area contributed by atoms with Gasteiger partial charge in [0.05, 0.1) is 0 Å². The first-order valence-corrected chi connectivity index (χ1v) is 4.59. The van der Waals surface area contributed by atoms with Crippen LogP contribution in [0.25, 0.3) is 0 Å². The molecule has 72 valence electrons. The van der Waals surface area contributed by atoms with Crippen molar-refractivity contribution in [2.24, 2.45) is 5.73 Å². The van der Waals surface area contributed by atoms with Gasteiger partial charge in [-0.3, -0.25) is 0 Å². The van der Waals surface area contributed by atoms with E-state index in [1.807, 2.05) is 6.07 Å². The molecule has 0 aliphatic carbocycles. The maximum absolute atomic E-state index is 5.49. The van der Waals surface area contributed by atoms with Crippen LogP contribution in [0.5, 0.6) is 0 Å². The van der Waals surface area contributed by atoms with Crippen molar-refractivity contribution in [3.63, 3.8) is 0 Å². The molecule has 13 heavy (non-hydrogen) atoms. The van der Waals surface area contributed by atoms with Crippen LogP contribution >= 0.6 is 0 Å². The van der Waals surface area contributed by atoms with Crippen molar-refractivity contribution in [2.75, 3.05) is 11.9 Å². The molecule has 4 heteroatoms. The van der Waals surface area contributed by atoms with Crippen LogP contribution in [0.15, 0.2) is 18.6 Å². The van der Waals surface area contributed by atoms with Crippen LogP contribution in [-0.4, -0.2) is 22.6 Å². The standard InChI is InChI=1S/C9H16N4/c1-2-8(3-5-10)13-9-4-6-11-7-12-9/h4,6-8H,2-3,5,10H2,1H3,(H,11,12,13). The Morgan fingerprint density at radius 3 is 3.00 bits per heavy atom. The van der Waals surface area contributed by atoms with Gasteiger partial charge in [-0.05, 0) is 25.5 Å². The molecule has 1 rings (SSSR count). The topological polar surface area (TPSA) is 63.8 Å². The molecule has 0 saturated carbocycles. The van der Waals surface area contributed by atoms with E-state index in [0.29, 0.717) is 12.6 Å². The van der Waals surface area contributed by atoms with Gasteiger partial charge in [-0.15, -0.1) is 0 Å². The first-order chi connectivity index (χ1) is 6.36. The van der Waals surface area contributed by atoms with Crippen molar-refractivity contribution in [1.29, 1.82) is 0 Å². The van der Waals surface area contributed by atoms with Crippen LogP contribution in [0.3, 0.4) is 0 Å². The van der Waals surface area contributed by atoms with Gasteiger partial charge in [0.1, 0.15) is 12.1 Å². The van der Waals surface area contributed by atoms with Gasteiger partial charge in [-0.1, -0.05) is 6.92 Å². The van der Waals surface area contributed by atoms with Crippen molar-refractivity contribution >= 4 is 5.82 Å². The van der Waals surface area contributed by atoms with E-state index < -0.39 is 0 Å². The van der Waals surface area contributed by atoms with Crippen LogP contribution in [0.4, 0.5) is 5.82 Å². The van der Waals surface area contributed by atoms with Crippen LogP contribution in [-0.2, 0) is 0 Å². The summed E-state index contributed by atoms with van der Waals surface area (Å²) in [4.78, 5) is 7.93. The summed E-state index contributed by atoms with van der Waals surface area (Å²) >= 11 is 0. The number of nitrogens with zero attached hydrogens (tertiary/aromatic N) is 2. The van der Waals surface area contributed by atoms with E-state index in [0.717, 1.165) is 18.7 Å². The summed E-state index contributed by atoms with van der Waals surface area (Å²) in [5, 5.41) is 3.30. The van der Waals surface area contributed by atoms with E-state index in [9.17, 15) is 0 Å². The Hall–Kier alpha value is -1.16. The van der Waals surface area contributed by atoms with Gasteiger partial charge in [0.2, 0.25) is 0 Å². The molecule has 0 aliphatic heterocycles. The Morgan fingerprint density at radius 1 is 1.62 bits per heavy atom. The number of hydrogen-bond donors (Lipinski definition) is 2. The van der Waals surface area contributed by atoms with Gasteiger partial charge >= 0.3 is 0 Å². The SMILES string of the molecule is CCC(CCN)Nc1ccncn1. The molecule has 0 saturated heterocycles. The number of rotatable bonds is 5. The average Bonchev–Trinajstić information content (AvgIpc) is 2.19. The first-order valence-electron chi connectivity index (χ1n) is 4.59. The van der Waals surface area contributed by atoms with Crippen molar-refractivity contribution in [3.05, 3.63) is 18.6 Å². The number of aromatic nitrogens is 2. The Bertz CT molecular complexity index is 224. The molecule has 0 aromatic carbocycles. The third-order valence-corrected chi connectivity index (χ3v) is 1.94. The molecule has 0 radical (unpaired) electrons. The zero-order chi connectivity index (χ0) is 9.52. The predicted molar refractivity (Wildman–Crippen MR) is 53.4 cm³/mol. The molecule has 0 spiro atoms. The van der Waals surface area contributed by atoms with Crippen LogP contribution < -0.4 is 11.1 Å². The molecule has 1 atom stereocenters. The Morgan fingerprint density at radius 2 is 2.46 bits per heavy atom. The highest BCUT2D eigenvalue weighted by Gasteiger charge is 2.04. The summed E-state index contributed by atoms with van der Waals surface area (Å²) in [6.07, 6.45) is 5.30. The molecule has 1 heterocycles. The van der Waals surface area contributed by atoms with Crippen molar-refractivity contribution < 1.29 is 0 Å². The number of anilines is 1. The third-order valence-electron chi connectivity index (χ3n) is 1.94. The molecular formula is C9H16N4. The lowest BCUT2D eigenvalue weighted by Crippen LogP contribution is -2.22. The molecule has 4 nitrogen and oxygen atoms in total. The molecule has 0 fully saturated rings. The van der Waals surface area contributed by atoms with Gasteiger partial charge in [-0.2, -0.15) is 0 Å². The van der Waals surface area contributed by atoms with E-state index in [-0.39, 0.29) is 0 Å². The van der Waals surface area contributed by atoms with E-state index in [2.05, 4.69) is 22.2 Å². The molecule has 0 aliphatic rings. The number of hydrogen-bond acceptors (Lipinski definition) is 4. The van der Waals surface area contributed by atoms with E-state index in [1.165, 1.54) is 6.33 Å². The lowest BCUT2D eigenvalue weighted by atomic mass is 10.1. The molecule has 1 unspecified atom stereocenters. The predicted octanol–water partition coefficient (Wildman–Crippen LogP) is 1.02. The van der Waals surface area contributed by atoms with Crippen molar-refractivity contribution in [3.8, 4) is 0 Å². The smallest absolute Gasteiger partial charge is 0.129 e. The Kier molecular flexibility index (Phi) is 4.18. The minimum absolute atomic E-state index is 0.417. The molecule has 0 bridgehead atoms.